The third kappa shape index (κ3) is 25.8. The third-order valence-electron chi connectivity index (χ3n) is 17.5. The summed E-state index contributed by atoms with van der Waals surface area (Å²) in [4.78, 5) is 168. The zero-order chi connectivity index (χ0) is 72.3. The number of aliphatic carboxylic acids is 1. The second-order valence-electron chi connectivity index (χ2n) is 26.8. The van der Waals surface area contributed by atoms with Crippen LogP contribution in [-0.4, -0.2) is 154 Å². The van der Waals surface area contributed by atoms with Gasteiger partial charge in [-0.05, 0) is 106 Å². The summed E-state index contributed by atoms with van der Waals surface area (Å²) in [6, 6.07) is 12.1. The fourth-order valence-corrected chi connectivity index (χ4v) is 12.7. The number of hydrogen-bond donors (Lipinski definition) is 7. The Morgan fingerprint density at radius 2 is 1.45 bits per heavy atom. The Labute approximate surface area is 574 Å². The molecule has 8 N–H and O–H groups in total. The van der Waals surface area contributed by atoms with Gasteiger partial charge in [-0.3, -0.25) is 48.1 Å². The minimum atomic E-state index is -1.16. The van der Waals surface area contributed by atoms with Gasteiger partial charge in [0.15, 0.2) is 17.7 Å². The first kappa shape index (κ1) is 80.9. The van der Waals surface area contributed by atoms with Crippen LogP contribution in [0.25, 0.3) is 0 Å². The molecule has 0 fully saturated rings. The van der Waals surface area contributed by atoms with E-state index in [1.807, 2.05) is 65.0 Å². The topological polar surface area (TPSA) is 352 Å². The lowest BCUT2D eigenvalue weighted by Crippen LogP contribution is -2.51. The van der Waals surface area contributed by atoms with Gasteiger partial charge in [0, 0.05) is 107 Å². The number of nitrogens with zero attached hydrogens (tertiary/aromatic N) is 4. The zero-order valence-corrected chi connectivity index (χ0v) is 59.6. The van der Waals surface area contributed by atoms with E-state index in [0.717, 1.165) is 21.8 Å². The summed E-state index contributed by atoms with van der Waals surface area (Å²) in [6.07, 6.45) is 3.26. The molecule has 0 spiro atoms. The highest BCUT2D eigenvalue weighted by molar-refractivity contribution is 7.09. The normalized spacial score (nSPS) is 14.7. The van der Waals surface area contributed by atoms with Gasteiger partial charge >= 0.3 is 24.2 Å². The lowest BCUT2D eigenvalue weighted by molar-refractivity contribution is -0.147. The number of alkyl carbamates (subject to hydrolysis) is 1. The average molecular weight is 1370 g/mol. The molecule has 0 radical (unpaired) electrons. The first-order valence-corrected chi connectivity index (χ1v) is 34.6. The van der Waals surface area contributed by atoms with Crippen molar-refractivity contribution in [3.05, 3.63) is 94.0 Å². The van der Waals surface area contributed by atoms with Crippen LogP contribution in [0.1, 0.15) is 186 Å². The van der Waals surface area contributed by atoms with Crippen molar-refractivity contribution in [1.29, 1.82) is 0 Å². The molecule has 534 valence electrons. The summed E-state index contributed by atoms with van der Waals surface area (Å²) in [7, 11) is 2.89. The molecule has 4 rings (SSSR count). The fourth-order valence-electron chi connectivity index (χ4n) is 11.8. The maximum Gasteiger partial charge on any atom is 0.410 e. The molecule has 0 saturated heterocycles. The molecule has 10 amide bonds. The van der Waals surface area contributed by atoms with Crippen LogP contribution in [-0.2, 0) is 60.9 Å². The highest BCUT2D eigenvalue weighted by atomic mass is 32.1. The number of Topliss-reactive ketones (excluding diaryl/α,β-unsaturated/α-hetero) is 2. The number of nitrogens with one attached hydrogen (secondary N) is 5. The van der Waals surface area contributed by atoms with Crippen LogP contribution < -0.4 is 32.3 Å². The van der Waals surface area contributed by atoms with Crippen LogP contribution >= 0.6 is 11.3 Å². The van der Waals surface area contributed by atoms with Crippen LogP contribution in [0.15, 0.2) is 72.1 Å². The Hall–Kier alpha value is -8.55. The SMILES string of the molecule is CCCN(C(=O)[C@@H](CC(=O)[C@@H](C(C)C)N(C)C(=O)OCc1ccc(NC(=O)[C@H](CCCNC(N)=O)CC(=O)[C@@H](NC(=O)CCCCCN2C(=O)C=CC2=O)C(C)C)cc1)[C@@H](C)CC)[C@H](C[C@@H](OC(=O)NC)c1nc(C(=O)N[C@@H](Cc2ccccc2)CC(C)(C)C(=O)O)cs1)C(C)C. The van der Waals surface area contributed by atoms with Crippen LogP contribution in [0.3, 0.4) is 0 Å². The first-order valence-electron chi connectivity index (χ1n) is 33.8. The summed E-state index contributed by atoms with van der Waals surface area (Å²) in [5, 5.41) is 25.5. The van der Waals surface area contributed by atoms with Gasteiger partial charge in [0.2, 0.25) is 17.7 Å². The molecule has 25 nitrogen and oxygen atoms in total. The number of thiazole rings is 1. The molecule has 97 heavy (non-hydrogen) atoms. The molecule has 8 atom stereocenters. The molecule has 1 aromatic heterocycles. The number of carboxylic acids is 1. The Balaban J connectivity index is 1.45. The fraction of sp³-hybridized carbons (Fsp3) is 0.592. The molecule has 26 heteroatoms. The van der Waals surface area contributed by atoms with Crippen molar-refractivity contribution in [3.8, 4) is 0 Å². The Kier molecular flexibility index (Phi) is 33.0. The molecule has 1 aliphatic heterocycles. The number of carbonyl (C=O) groups is 12. The number of hydrogen-bond acceptors (Lipinski definition) is 16. The van der Waals surface area contributed by atoms with Gasteiger partial charge in [-0.25, -0.2) is 19.4 Å². The van der Waals surface area contributed by atoms with Crippen molar-refractivity contribution in [3.63, 3.8) is 0 Å². The van der Waals surface area contributed by atoms with Gasteiger partial charge in [-0.1, -0.05) is 118 Å². The lowest BCUT2D eigenvalue weighted by Gasteiger charge is -2.39. The van der Waals surface area contributed by atoms with E-state index in [0.29, 0.717) is 67.7 Å². The minimum absolute atomic E-state index is 0.0432. The second kappa shape index (κ2) is 39.6. The third-order valence-corrected chi connectivity index (χ3v) is 18.5. The van der Waals surface area contributed by atoms with Crippen LogP contribution in [0, 0.1) is 40.9 Å². The number of carbonyl (C=O) groups excluding carboxylic acids is 11. The molecule has 2 aromatic carbocycles. The number of primary amides is 1. The van der Waals surface area contributed by atoms with E-state index in [9.17, 15) is 57.8 Å². The maximum absolute atomic E-state index is 15.3. The molecule has 0 unspecified atom stereocenters. The molecule has 0 aliphatic carbocycles. The number of likely N-dealkylation sites (N-methyl/N-ethyl adjacent to an activating group) is 1. The molecule has 1 aliphatic rings. The van der Waals surface area contributed by atoms with Gasteiger partial charge < -0.3 is 56.7 Å². The monoisotopic (exact) mass is 1370 g/mol. The van der Waals surface area contributed by atoms with Crippen molar-refractivity contribution >= 4 is 88.2 Å². The predicted molar refractivity (Wildman–Crippen MR) is 368 cm³/mol. The van der Waals surface area contributed by atoms with Crippen molar-refractivity contribution in [1.82, 2.24) is 41.0 Å². The van der Waals surface area contributed by atoms with Gasteiger partial charge in [-0.2, -0.15) is 0 Å². The smallest absolute Gasteiger partial charge is 0.410 e. The van der Waals surface area contributed by atoms with Gasteiger partial charge in [-0.15, -0.1) is 11.3 Å². The average Bonchev–Trinajstić information content (AvgIpc) is 1.58. The number of ketones is 2. The number of nitrogens with two attached hydrogens (primary N) is 1. The summed E-state index contributed by atoms with van der Waals surface area (Å²) < 4.78 is 11.7. The van der Waals surface area contributed by atoms with Crippen molar-refractivity contribution < 1.29 is 72.1 Å². The van der Waals surface area contributed by atoms with E-state index in [1.165, 1.54) is 31.1 Å². The van der Waals surface area contributed by atoms with Gasteiger partial charge in [0.05, 0.1) is 17.5 Å². The summed E-state index contributed by atoms with van der Waals surface area (Å²) in [5.74, 6) is -7.01. The standard InChI is InChI=1S/C71H104N10O15S/c1-14-34-80(54(43(3)4)39-57(96-69(93)73-12)65-77-53(42-97-65)64(88)76-51(40-71(10,11)67(90)91)36-47-23-18-16-19-24-47)66(89)52(46(9)15-2)38-56(83)62(45(7)8)79(13)70(94)95-41-48-27-29-50(30-28-48)75-63(87)49(25-22-33-74-68(72)92)37-55(82)61(44(5)6)78-58(84)26-20-17-21-35-81-59(85)31-32-60(81)86/h16,18-19,23-24,27-32,42-46,49,51-52,54,57,61-62H,14-15,17,20-22,25-26,33-41H2,1-13H3,(H,73,93)(H,75,87)(H,76,88)(H,78,84)(H,90,91)(H3,72,74,92)/t46-,49+,51-,52-,54+,57+,61-,62+/m0/s1. The van der Waals surface area contributed by atoms with Crippen molar-refractivity contribution in [2.75, 3.05) is 39.0 Å². The lowest BCUT2D eigenvalue weighted by atomic mass is 9.82. The van der Waals surface area contributed by atoms with Gasteiger partial charge in [0.1, 0.15) is 17.3 Å². The van der Waals surface area contributed by atoms with E-state index < -0.39 is 89.4 Å². The van der Waals surface area contributed by atoms with Crippen LogP contribution in [0.5, 0.6) is 0 Å². The number of unbranched alkanes of at least 4 members (excludes halogenated alkanes) is 2. The largest absolute Gasteiger partial charge is 0.481 e. The van der Waals surface area contributed by atoms with E-state index in [4.69, 9.17) is 15.2 Å². The molecule has 0 saturated carbocycles. The quantitative estimate of drug-likeness (QED) is 0.0205. The minimum Gasteiger partial charge on any atom is -0.481 e. The molecule has 2 heterocycles. The number of imide groups is 1. The number of amides is 10. The zero-order valence-electron chi connectivity index (χ0n) is 58.7. The highest BCUT2D eigenvalue weighted by Crippen LogP contribution is 2.35. The molecular weight excluding hydrogens is 1260 g/mol. The Bertz CT molecular complexity index is 3170. The van der Waals surface area contributed by atoms with E-state index in [1.54, 1.807) is 76.1 Å². The summed E-state index contributed by atoms with van der Waals surface area (Å²) in [5.41, 5.74) is 5.97. The van der Waals surface area contributed by atoms with E-state index in [2.05, 4.69) is 31.6 Å². The number of carboxylic acid groups (broad SMARTS) is 1. The number of urea groups is 1. The summed E-state index contributed by atoms with van der Waals surface area (Å²) >= 11 is 1.11. The predicted octanol–water partition coefficient (Wildman–Crippen LogP) is 9.54. The number of aromatic nitrogens is 1. The van der Waals surface area contributed by atoms with Crippen LogP contribution in [0.4, 0.5) is 20.1 Å². The second-order valence-corrected chi connectivity index (χ2v) is 27.7. The number of rotatable bonds is 42. The molecular formula is C71H104N10O15S. The van der Waals surface area contributed by atoms with E-state index in [-0.39, 0.29) is 117 Å². The number of ether oxygens (including phenoxy) is 2. The Morgan fingerprint density at radius 1 is 0.794 bits per heavy atom. The highest BCUT2D eigenvalue weighted by Gasteiger charge is 2.41. The maximum atomic E-state index is 15.3. The van der Waals surface area contributed by atoms with E-state index >= 15 is 4.79 Å². The van der Waals surface area contributed by atoms with Crippen molar-refractivity contribution in [2.24, 2.45) is 46.7 Å². The first-order chi connectivity index (χ1) is 45.8. The number of anilines is 1. The van der Waals surface area contributed by atoms with Crippen molar-refractivity contribution in [2.45, 2.75) is 197 Å². The molecule has 0 bridgehead atoms. The van der Waals surface area contributed by atoms with Gasteiger partial charge in [0.25, 0.3) is 17.7 Å². The van der Waals surface area contributed by atoms with Crippen LogP contribution in [0.2, 0.25) is 0 Å². The Morgan fingerprint density at radius 3 is 2.03 bits per heavy atom. The summed E-state index contributed by atoms with van der Waals surface area (Å²) in [6.45, 7) is 20.5. The molecule has 3 aromatic rings. The number of benzene rings is 2.